The van der Waals surface area contributed by atoms with Crippen LogP contribution in [0.4, 0.5) is 0 Å². The van der Waals surface area contributed by atoms with Crippen molar-refractivity contribution in [3.8, 4) is 0 Å². The van der Waals surface area contributed by atoms with Crippen LogP contribution in [0.25, 0.3) is 11.1 Å². The lowest BCUT2D eigenvalue weighted by molar-refractivity contribution is 0.519. The Balaban J connectivity index is 1.90. The van der Waals surface area contributed by atoms with E-state index in [4.69, 9.17) is 0 Å². The normalized spacial score (nSPS) is 20.4. The summed E-state index contributed by atoms with van der Waals surface area (Å²) >= 11 is 0. The van der Waals surface area contributed by atoms with E-state index in [2.05, 4.69) is 85.8 Å². The van der Waals surface area contributed by atoms with Crippen LogP contribution < -0.4 is 0 Å². The van der Waals surface area contributed by atoms with Crippen LogP contribution in [-0.2, 0) is 11.8 Å². The van der Waals surface area contributed by atoms with Gasteiger partial charge in [0.05, 0.1) is 0 Å². The number of allylic oxidation sites excluding steroid dienone is 1. The molecule has 0 heteroatoms. The molecule has 0 saturated carbocycles. The zero-order valence-electron chi connectivity index (χ0n) is 14.6. The fraction of sp³-hybridized carbons (Fsp3) is 0.200. The third-order valence-electron chi connectivity index (χ3n) is 5.96. The van der Waals surface area contributed by atoms with Crippen LogP contribution in [0.5, 0.6) is 0 Å². The fourth-order valence-corrected chi connectivity index (χ4v) is 5.13. The maximum absolute atomic E-state index is 2.37. The number of rotatable bonds is 3. The molecule has 3 aromatic rings. The van der Waals surface area contributed by atoms with E-state index in [0.29, 0.717) is 0 Å². The van der Waals surface area contributed by atoms with Gasteiger partial charge >= 0.3 is 0 Å². The number of fused-ring (bicyclic) bond motifs is 5. The molecule has 3 aromatic carbocycles. The summed E-state index contributed by atoms with van der Waals surface area (Å²) in [6.07, 6.45) is 3.55. The third kappa shape index (κ3) is 1.94. The molecule has 0 spiro atoms. The van der Waals surface area contributed by atoms with Gasteiger partial charge < -0.3 is 0 Å². The van der Waals surface area contributed by atoms with Gasteiger partial charge in [-0.3, -0.25) is 0 Å². The van der Waals surface area contributed by atoms with Gasteiger partial charge in [-0.15, -0.1) is 0 Å². The molecule has 0 N–H and O–H groups in total. The minimum atomic E-state index is 0.153. The van der Waals surface area contributed by atoms with Crippen molar-refractivity contribution in [1.82, 2.24) is 0 Å². The molecule has 0 aliphatic heterocycles. The van der Waals surface area contributed by atoms with Gasteiger partial charge in [0.25, 0.3) is 0 Å². The Hall–Kier alpha value is -2.60. The Bertz CT molecular complexity index is 978. The monoisotopic (exact) mass is 322 g/mol. The van der Waals surface area contributed by atoms with E-state index >= 15 is 0 Å². The predicted octanol–water partition coefficient (Wildman–Crippen LogP) is 6.25. The van der Waals surface area contributed by atoms with Gasteiger partial charge in [0.2, 0.25) is 0 Å². The van der Waals surface area contributed by atoms with Crippen molar-refractivity contribution in [3.63, 3.8) is 0 Å². The Morgan fingerprint density at radius 3 is 2.24 bits per heavy atom. The van der Waals surface area contributed by atoms with Gasteiger partial charge in [0, 0.05) is 5.41 Å². The Morgan fingerprint density at radius 2 is 1.44 bits per heavy atom. The first-order valence-electron chi connectivity index (χ1n) is 9.33. The first kappa shape index (κ1) is 14.7. The maximum Gasteiger partial charge on any atom is 0.0261 e. The van der Waals surface area contributed by atoms with Gasteiger partial charge in [-0.05, 0) is 51.8 Å². The van der Waals surface area contributed by atoms with Crippen LogP contribution in [0.15, 0.2) is 78.9 Å². The van der Waals surface area contributed by atoms with E-state index in [1.807, 2.05) is 0 Å². The Labute approximate surface area is 149 Å². The van der Waals surface area contributed by atoms with E-state index < -0.39 is 0 Å². The van der Waals surface area contributed by atoms with Gasteiger partial charge in [0.1, 0.15) is 0 Å². The molecule has 0 heterocycles. The number of hydrogen-bond donors (Lipinski definition) is 0. The Kier molecular flexibility index (Phi) is 3.21. The van der Waals surface area contributed by atoms with Crippen molar-refractivity contribution in [2.45, 2.75) is 31.6 Å². The van der Waals surface area contributed by atoms with Crippen molar-refractivity contribution in [2.75, 3.05) is 0 Å². The lowest BCUT2D eigenvalue weighted by atomic mass is 9.74. The summed E-state index contributed by atoms with van der Waals surface area (Å²) in [5.41, 5.74) is 10.5. The molecule has 0 bridgehead atoms. The van der Waals surface area contributed by atoms with E-state index in [-0.39, 0.29) is 5.41 Å². The molecular weight excluding hydrogens is 300 g/mol. The van der Waals surface area contributed by atoms with Crippen LogP contribution in [0.2, 0.25) is 0 Å². The highest BCUT2D eigenvalue weighted by molar-refractivity contribution is 6.09. The fourth-order valence-electron chi connectivity index (χ4n) is 5.13. The molecule has 0 amide bonds. The minimum absolute atomic E-state index is 0.153. The molecule has 0 nitrogen and oxygen atoms in total. The lowest BCUT2D eigenvalue weighted by Crippen LogP contribution is -2.23. The summed E-state index contributed by atoms with van der Waals surface area (Å²) in [6.45, 7) is 2.32. The van der Waals surface area contributed by atoms with Crippen molar-refractivity contribution in [1.29, 1.82) is 0 Å². The molecule has 5 rings (SSSR count). The summed E-state index contributed by atoms with van der Waals surface area (Å²) in [5, 5.41) is 0. The molecule has 25 heavy (non-hydrogen) atoms. The first-order valence-corrected chi connectivity index (χ1v) is 9.33. The first-order chi connectivity index (χ1) is 12.3. The highest BCUT2D eigenvalue weighted by Crippen LogP contribution is 2.60. The van der Waals surface area contributed by atoms with Crippen LogP contribution in [0.1, 0.15) is 47.6 Å². The van der Waals surface area contributed by atoms with Crippen LogP contribution >= 0.6 is 0 Å². The van der Waals surface area contributed by atoms with E-state index in [9.17, 15) is 0 Å². The average Bonchev–Trinajstić information content (AvgIpc) is 3.12. The van der Waals surface area contributed by atoms with Crippen molar-refractivity contribution in [3.05, 3.63) is 107 Å². The van der Waals surface area contributed by atoms with Crippen LogP contribution in [-0.4, -0.2) is 0 Å². The molecule has 0 fully saturated rings. The van der Waals surface area contributed by atoms with Crippen molar-refractivity contribution >= 4 is 11.1 Å². The molecule has 2 aliphatic rings. The van der Waals surface area contributed by atoms with E-state index in [0.717, 1.165) is 6.42 Å². The lowest BCUT2D eigenvalue weighted by Gasteiger charge is -2.28. The largest absolute Gasteiger partial charge is 0.0653 e. The summed E-state index contributed by atoms with van der Waals surface area (Å²) in [7, 11) is 0. The predicted molar refractivity (Wildman–Crippen MR) is 106 cm³/mol. The Morgan fingerprint density at radius 1 is 0.760 bits per heavy atom. The van der Waals surface area contributed by atoms with E-state index in [1.54, 1.807) is 5.57 Å². The molecule has 0 saturated heterocycles. The highest BCUT2D eigenvalue weighted by Gasteiger charge is 2.49. The minimum Gasteiger partial charge on any atom is -0.0653 e. The van der Waals surface area contributed by atoms with Gasteiger partial charge in [0.15, 0.2) is 0 Å². The SMILES string of the molecule is CCCC12Cc3ccccc3C1=C(c1ccccc1)c1ccccc12. The second-order valence-corrected chi connectivity index (χ2v) is 7.33. The maximum atomic E-state index is 2.37. The zero-order chi connectivity index (χ0) is 16.9. The molecular formula is C25H22. The summed E-state index contributed by atoms with van der Waals surface area (Å²) in [4.78, 5) is 0. The smallest absolute Gasteiger partial charge is 0.0261 e. The quantitative estimate of drug-likeness (QED) is 0.534. The van der Waals surface area contributed by atoms with Gasteiger partial charge in [-0.1, -0.05) is 92.2 Å². The molecule has 2 aliphatic carbocycles. The molecule has 122 valence electrons. The second-order valence-electron chi connectivity index (χ2n) is 7.33. The molecule has 0 aromatic heterocycles. The van der Waals surface area contributed by atoms with Crippen LogP contribution in [0, 0.1) is 0 Å². The van der Waals surface area contributed by atoms with Crippen LogP contribution in [0.3, 0.4) is 0 Å². The number of benzene rings is 3. The summed E-state index contributed by atoms with van der Waals surface area (Å²) < 4.78 is 0. The van der Waals surface area contributed by atoms with Crippen molar-refractivity contribution < 1.29 is 0 Å². The molecule has 0 radical (unpaired) electrons. The number of hydrogen-bond acceptors (Lipinski definition) is 0. The van der Waals surface area contributed by atoms with E-state index in [1.165, 1.54) is 46.2 Å². The highest BCUT2D eigenvalue weighted by atomic mass is 14.5. The summed E-state index contributed by atoms with van der Waals surface area (Å²) in [6, 6.07) is 29.1. The second kappa shape index (κ2) is 5.46. The standard InChI is InChI=1S/C25H22/c1-2-16-25-17-19-12-6-7-13-20(19)24(25)23(18-10-4-3-5-11-18)21-14-8-9-15-22(21)25/h3-15H,2,16-17H2,1H3. The molecule has 1 unspecified atom stereocenters. The van der Waals surface area contributed by atoms with Gasteiger partial charge in [-0.2, -0.15) is 0 Å². The third-order valence-corrected chi connectivity index (χ3v) is 5.96. The average molecular weight is 322 g/mol. The zero-order valence-corrected chi connectivity index (χ0v) is 14.6. The molecule has 1 atom stereocenters. The topological polar surface area (TPSA) is 0 Å². The summed E-state index contributed by atoms with van der Waals surface area (Å²) in [5.74, 6) is 0. The van der Waals surface area contributed by atoms with Gasteiger partial charge in [-0.25, -0.2) is 0 Å². The van der Waals surface area contributed by atoms with Crippen molar-refractivity contribution in [2.24, 2.45) is 0 Å².